The molecule has 5 heterocycles. The highest BCUT2D eigenvalue weighted by Gasteiger charge is 2.33. The number of ether oxygens (including phenoxy) is 2. The summed E-state index contributed by atoms with van der Waals surface area (Å²) in [5.41, 5.74) is 4.15. The lowest BCUT2D eigenvalue weighted by Crippen LogP contribution is -2.47. The monoisotopic (exact) mass is 384 g/mol. The SMILES string of the molecule is Cc1cc2c(nc1N1CC[C@@H](Oc3cnc4c(c3)COC4)[C@H](F)C1)CNC2=O. The maximum absolute atomic E-state index is 14.9. The lowest BCUT2D eigenvalue weighted by atomic mass is 10.0. The molecule has 1 amide bonds. The molecule has 0 radical (unpaired) electrons. The van der Waals surface area contributed by atoms with Crippen LogP contribution in [-0.2, 0) is 24.5 Å². The number of anilines is 1. The van der Waals surface area contributed by atoms with E-state index < -0.39 is 12.3 Å². The van der Waals surface area contributed by atoms with Gasteiger partial charge in [0.15, 0.2) is 6.17 Å². The van der Waals surface area contributed by atoms with Gasteiger partial charge in [-0.25, -0.2) is 9.37 Å². The summed E-state index contributed by atoms with van der Waals surface area (Å²) < 4.78 is 26.2. The van der Waals surface area contributed by atoms with E-state index in [1.165, 1.54) is 0 Å². The number of carbonyl (C=O) groups is 1. The van der Waals surface area contributed by atoms with Crippen molar-refractivity contribution in [3.05, 3.63) is 46.4 Å². The minimum absolute atomic E-state index is 0.0963. The molecule has 0 spiro atoms. The Morgan fingerprint density at radius 3 is 3.07 bits per heavy atom. The number of nitrogens with zero attached hydrogens (tertiary/aromatic N) is 3. The molecule has 28 heavy (non-hydrogen) atoms. The second-order valence-electron chi connectivity index (χ2n) is 7.48. The molecule has 2 aromatic heterocycles. The molecule has 3 aliphatic heterocycles. The molecule has 8 heteroatoms. The second kappa shape index (κ2) is 6.70. The summed E-state index contributed by atoms with van der Waals surface area (Å²) in [6, 6.07) is 3.73. The molecule has 0 unspecified atom stereocenters. The number of piperidine rings is 1. The molecule has 0 bridgehead atoms. The minimum atomic E-state index is -1.15. The number of pyridine rings is 2. The summed E-state index contributed by atoms with van der Waals surface area (Å²) in [5, 5.41) is 2.77. The predicted molar refractivity (Wildman–Crippen MR) is 99.0 cm³/mol. The van der Waals surface area contributed by atoms with Crippen molar-refractivity contribution in [3.8, 4) is 5.75 Å². The van der Waals surface area contributed by atoms with Crippen LogP contribution in [0.25, 0.3) is 0 Å². The summed E-state index contributed by atoms with van der Waals surface area (Å²) >= 11 is 0. The Labute approximate surface area is 161 Å². The van der Waals surface area contributed by atoms with Gasteiger partial charge in [0.25, 0.3) is 5.91 Å². The van der Waals surface area contributed by atoms with Crippen LogP contribution in [0.4, 0.5) is 10.2 Å². The third-order valence-electron chi connectivity index (χ3n) is 5.53. The quantitative estimate of drug-likeness (QED) is 0.873. The number of carbonyl (C=O) groups excluding carboxylic acids is 1. The number of fused-ring (bicyclic) bond motifs is 2. The fourth-order valence-corrected chi connectivity index (χ4v) is 4.03. The predicted octanol–water partition coefficient (Wildman–Crippen LogP) is 2.05. The van der Waals surface area contributed by atoms with Gasteiger partial charge in [-0.2, -0.15) is 0 Å². The zero-order chi connectivity index (χ0) is 19.3. The summed E-state index contributed by atoms with van der Waals surface area (Å²) in [6.45, 7) is 4.23. The lowest BCUT2D eigenvalue weighted by molar-refractivity contribution is 0.0814. The second-order valence-corrected chi connectivity index (χ2v) is 7.48. The first-order valence-corrected chi connectivity index (χ1v) is 9.48. The van der Waals surface area contributed by atoms with E-state index in [9.17, 15) is 9.18 Å². The van der Waals surface area contributed by atoms with Gasteiger partial charge < -0.3 is 19.7 Å². The number of nitrogens with one attached hydrogen (secondary N) is 1. The van der Waals surface area contributed by atoms with Gasteiger partial charge in [0.2, 0.25) is 0 Å². The average Bonchev–Trinajstić information content (AvgIpc) is 3.29. The van der Waals surface area contributed by atoms with Crippen LogP contribution in [-0.4, -0.2) is 41.2 Å². The summed E-state index contributed by atoms with van der Waals surface area (Å²) in [4.78, 5) is 22.7. The van der Waals surface area contributed by atoms with Gasteiger partial charge in [0, 0.05) is 18.5 Å². The van der Waals surface area contributed by atoms with Crippen LogP contribution >= 0.6 is 0 Å². The van der Waals surface area contributed by atoms with Crippen molar-refractivity contribution in [2.45, 2.75) is 45.4 Å². The number of amides is 1. The Bertz CT molecular complexity index is 951. The minimum Gasteiger partial charge on any atom is -0.486 e. The van der Waals surface area contributed by atoms with E-state index in [1.807, 2.05) is 24.0 Å². The van der Waals surface area contributed by atoms with Gasteiger partial charge in [0.1, 0.15) is 17.7 Å². The average molecular weight is 384 g/mol. The van der Waals surface area contributed by atoms with Gasteiger partial charge in [-0.15, -0.1) is 0 Å². The highest BCUT2D eigenvalue weighted by Crippen LogP contribution is 2.29. The smallest absolute Gasteiger partial charge is 0.253 e. The van der Waals surface area contributed by atoms with E-state index in [1.54, 1.807) is 6.20 Å². The summed E-state index contributed by atoms with van der Waals surface area (Å²) in [5.74, 6) is 1.23. The molecular formula is C20H21FN4O3. The number of hydrogen-bond donors (Lipinski definition) is 1. The Hall–Kier alpha value is -2.74. The van der Waals surface area contributed by atoms with Crippen molar-refractivity contribution in [2.75, 3.05) is 18.0 Å². The first-order valence-electron chi connectivity index (χ1n) is 9.48. The molecule has 146 valence electrons. The van der Waals surface area contributed by atoms with E-state index in [2.05, 4.69) is 15.3 Å². The van der Waals surface area contributed by atoms with Crippen LogP contribution in [0.5, 0.6) is 5.75 Å². The number of rotatable bonds is 3. The van der Waals surface area contributed by atoms with Crippen LogP contribution in [0.3, 0.4) is 0 Å². The highest BCUT2D eigenvalue weighted by atomic mass is 19.1. The molecule has 0 saturated carbocycles. The fraction of sp³-hybridized carbons (Fsp3) is 0.450. The molecule has 2 atom stereocenters. The number of aryl methyl sites for hydroxylation is 1. The van der Waals surface area contributed by atoms with Crippen molar-refractivity contribution >= 4 is 11.7 Å². The molecule has 3 aliphatic rings. The summed E-state index contributed by atoms with van der Waals surface area (Å²) in [7, 11) is 0. The molecular weight excluding hydrogens is 363 g/mol. The number of halogens is 1. The van der Waals surface area contributed by atoms with Crippen LogP contribution in [0.15, 0.2) is 18.3 Å². The van der Waals surface area contributed by atoms with Gasteiger partial charge in [-0.1, -0.05) is 0 Å². The Morgan fingerprint density at radius 2 is 2.21 bits per heavy atom. The maximum Gasteiger partial charge on any atom is 0.253 e. The third kappa shape index (κ3) is 2.97. The fourth-order valence-electron chi connectivity index (χ4n) is 4.03. The molecule has 1 saturated heterocycles. The van der Waals surface area contributed by atoms with E-state index in [0.29, 0.717) is 44.0 Å². The van der Waals surface area contributed by atoms with E-state index in [-0.39, 0.29) is 12.5 Å². The molecule has 2 aromatic rings. The molecule has 0 aliphatic carbocycles. The maximum atomic E-state index is 14.9. The zero-order valence-corrected chi connectivity index (χ0v) is 15.6. The third-order valence-corrected chi connectivity index (χ3v) is 5.53. The van der Waals surface area contributed by atoms with Gasteiger partial charge in [-0.05, 0) is 24.6 Å². The standard InChI is InChI=1S/C20H21FN4O3/c1-11-4-14-16(7-23-20(14)26)24-19(11)25-3-2-18(15(21)8-25)28-13-5-12-9-27-10-17(12)22-6-13/h4-6,15,18H,2-3,7-10H2,1H3,(H,23,26)/t15-,18-/m1/s1. The Balaban J connectivity index is 1.29. The van der Waals surface area contributed by atoms with E-state index in [4.69, 9.17) is 9.47 Å². The van der Waals surface area contributed by atoms with Gasteiger partial charge >= 0.3 is 0 Å². The van der Waals surface area contributed by atoms with Crippen molar-refractivity contribution in [2.24, 2.45) is 0 Å². The normalized spacial score (nSPS) is 23.4. The number of alkyl halides is 1. The molecule has 7 nitrogen and oxygen atoms in total. The summed E-state index contributed by atoms with van der Waals surface area (Å²) in [6.07, 6.45) is 0.524. The zero-order valence-electron chi connectivity index (χ0n) is 15.6. The largest absolute Gasteiger partial charge is 0.486 e. The molecule has 1 N–H and O–H groups in total. The topological polar surface area (TPSA) is 76.6 Å². The highest BCUT2D eigenvalue weighted by molar-refractivity contribution is 5.98. The van der Waals surface area contributed by atoms with Crippen LogP contribution in [0.2, 0.25) is 0 Å². The first-order chi connectivity index (χ1) is 13.6. The molecule has 1 fully saturated rings. The van der Waals surface area contributed by atoms with Crippen molar-refractivity contribution in [1.29, 1.82) is 0 Å². The molecule has 0 aromatic carbocycles. The Morgan fingerprint density at radius 1 is 1.32 bits per heavy atom. The number of aromatic nitrogens is 2. The lowest BCUT2D eigenvalue weighted by Gasteiger charge is -2.36. The van der Waals surface area contributed by atoms with Crippen molar-refractivity contribution < 1.29 is 18.7 Å². The van der Waals surface area contributed by atoms with Crippen LogP contribution in [0, 0.1) is 6.92 Å². The Kier molecular flexibility index (Phi) is 4.16. The van der Waals surface area contributed by atoms with E-state index in [0.717, 1.165) is 28.3 Å². The number of hydrogen-bond acceptors (Lipinski definition) is 6. The van der Waals surface area contributed by atoms with Crippen LogP contribution < -0.4 is 15.0 Å². The first kappa shape index (κ1) is 17.4. The molecule has 5 rings (SSSR count). The van der Waals surface area contributed by atoms with Gasteiger partial charge in [-0.3, -0.25) is 9.78 Å². The van der Waals surface area contributed by atoms with Crippen LogP contribution in [0.1, 0.15) is 39.3 Å². The van der Waals surface area contributed by atoms with Gasteiger partial charge in [0.05, 0.1) is 49.5 Å². The van der Waals surface area contributed by atoms with Crippen molar-refractivity contribution in [3.63, 3.8) is 0 Å². The van der Waals surface area contributed by atoms with Crippen molar-refractivity contribution in [1.82, 2.24) is 15.3 Å². The van der Waals surface area contributed by atoms with E-state index >= 15 is 0 Å².